The molecule has 108 valence electrons. The average molecular weight is 254 g/mol. The number of nitrogens with zero attached hydrogens (tertiary/aromatic N) is 1. The molecule has 0 aromatic heterocycles. The summed E-state index contributed by atoms with van der Waals surface area (Å²) in [5.41, 5.74) is 0. The van der Waals surface area contributed by atoms with Gasteiger partial charge in [0.15, 0.2) is 0 Å². The van der Waals surface area contributed by atoms with Gasteiger partial charge < -0.3 is 10.2 Å². The van der Waals surface area contributed by atoms with E-state index in [0.717, 1.165) is 12.0 Å². The summed E-state index contributed by atoms with van der Waals surface area (Å²) >= 11 is 0. The Morgan fingerprint density at radius 2 is 1.94 bits per heavy atom. The number of unbranched alkanes of at least 4 members (excludes halogenated alkanes) is 2. The lowest BCUT2D eigenvalue weighted by Crippen LogP contribution is -2.36. The number of rotatable bonds is 9. The van der Waals surface area contributed by atoms with Gasteiger partial charge in [-0.1, -0.05) is 26.2 Å². The summed E-state index contributed by atoms with van der Waals surface area (Å²) in [5, 5.41) is 3.50. The molecule has 1 rings (SSSR count). The lowest BCUT2D eigenvalue weighted by Gasteiger charge is -2.29. The third-order valence-corrected chi connectivity index (χ3v) is 4.60. The van der Waals surface area contributed by atoms with E-state index >= 15 is 0 Å². The zero-order chi connectivity index (χ0) is 13.4. The minimum absolute atomic E-state index is 0.705. The molecule has 0 amide bonds. The molecule has 18 heavy (non-hydrogen) atoms. The highest BCUT2D eigenvalue weighted by Crippen LogP contribution is 2.28. The lowest BCUT2D eigenvalue weighted by atomic mass is 9.99. The van der Waals surface area contributed by atoms with Gasteiger partial charge in [-0.15, -0.1) is 0 Å². The molecule has 1 aliphatic rings. The molecule has 1 saturated carbocycles. The second kappa shape index (κ2) is 8.92. The second-order valence-corrected chi connectivity index (χ2v) is 6.21. The van der Waals surface area contributed by atoms with Crippen molar-refractivity contribution in [2.45, 2.75) is 77.8 Å². The van der Waals surface area contributed by atoms with Gasteiger partial charge in [0.2, 0.25) is 0 Å². The molecule has 2 unspecified atom stereocenters. The Bertz CT molecular complexity index is 203. The van der Waals surface area contributed by atoms with Gasteiger partial charge in [-0.2, -0.15) is 0 Å². The van der Waals surface area contributed by atoms with E-state index in [-0.39, 0.29) is 0 Å². The Balaban J connectivity index is 2.27. The van der Waals surface area contributed by atoms with Gasteiger partial charge in [0.25, 0.3) is 0 Å². The molecule has 0 spiro atoms. The Morgan fingerprint density at radius 1 is 1.17 bits per heavy atom. The van der Waals surface area contributed by atoms with Crippen molar-refractivity contribution >= 4 is 0 Å². The van der Waals surface area contributed by atoms with Gasteiger partial charge in [0.05, 0.1) is 0 Å². The number of nitrogens with one attached hydrogen (secondary N) is 1. The Labute approximate surface area is 115 Å². The van der Waals surface area contributed by atoms with Crippen LogP contribution in [0.2, 0.25) is 0 Å². The third kappa shape index (κ3) is 5.27. The van der Waals surface area contributed by atoms with Crippen molar-refractivity contribution in [3.63, 3.8) is 0 Å². The SMILES string of the molecule is CCCCCN(CCC1CCCC1NC)C(C)C. The maximum Gasteiger partial charge on any atom is 0.00928 e. The van der Waals surface area contributed by atoms with Crippen molar-refractivity contribution in [1.29, 1.82) is 0 Å². The molecule has 0 radical (unpaired) electrons. The zero-order valence-corrected chi connectivity index (χ0v) is 13.0. The summed E-state index contributed by atoms with van der Waals surface area (Å²) in [5.74, 6) is 0.919. The molecule has 2 nitrogen and oxygen atoms in total. The van der Waals surface area contributed by atoms with E-state index in [4.69, 9.17) is 0 Å². The van der Waals surface area contributed by atoms with Crippen LogP contribution in [0.5, 0.6) is 0 Å². The van der Waals surface area contributed by atoms with Crippen LogP contribution in [-0.4, -0.2) is 37.1 Å². The van der Waals surface area contributed by atoms with Crippen molar-refractivity contribution < 1.29 is 0 Å². The van der Waals surface area contributed by atoms with E-state index in [9.17, 15) is 0 Å². The van der Waals surface area contributed by atoms with Gasteiger partial charge in [0, 0.05) is 12.1 Å². The van der Waals surface area contributed by atoms with Crippen LogP contribution in [0.1, 0.15) is 65.7 Å². The Morgan fingerprint density at radius 3 is 2.56 bits per heavy atom. The fraction of sp³-hybridized carbons (Fsp3) is 1.00. The van der Waals surface area contributed by atoms with E-state index in [1.165, 1.54) is 58.0 Å². The molecular formula is C16H34N2. The molecule has 1 N–H and O–H groups in total. The third-order valence-electron chi connectivity index (χ3n) is 4.60. The van der Waals surface area contributed by atoms with Crippen LogP contribution in [0, 0.1) is 5.92 Å². The van der Waals surface area contributed by atoms with E-state index in [0.29, 0.717) is 6.04 Å². The highest BCUT2D eigenvalue weighted by molar-refractivity contribution is 4.83. The summed E-state index contributed by atoms with van der Waals surface area (Å²) < 4.78 is 0. The first-order valence-electron chi connectivity index (χ1n) is 8.10. The average Bonchev–Trinajstić information content (AvgIpc) is 2.80. The van der Waals surface area contributed by atoms with Crippen LogP contribution in [0.3, 0.4) is 0 Å². The summed E-state index contributed by atoms with van der Waals surface area (Å²) in [4.78, 5) is 2.68. The monoisotopic (exact) mass is 254 g/mol. The van der Waals surface area contributed by atoms with E-state index in [1.807, 2.05) is 0 Å². The molecule has 1 aliphatic carbocycles. The van der Waals surface area contributed by atoms with Crippen LogP contribution in [0.15, 0.2) is 0 Å². The van der Waals surface area contributed by atoms with E-state index < -0.39 is 0 Å². The predicted molar refractivity (Wildman–Crippen MR) is 81.0 cm³/mol. The molecular weight excluding hydrogens is 220 g/mol. The van der Waals surface area contributed by atoms with Crippen LogP contribution >= 0.6 is 0 Å². The van der Waals surface area contributed by atoms with Gasteiger partial charge in [0.1, 0.15) is 0 Å². The van der Waals surface area contributed by atoms with Crippen molar-refractivity contribution in [3.8, 4) is 0 Å². The van der Waals surface area contributed by atoms with Gasteiger partial charge >= 0.3 is 0 Å². The van der Waals surface area contributed by atoms with Crippen LogP contribution < -0.4 is 5.32 Å². The van der Waals surface area contributed by atoms with E-state index in [1.54, 1.807) is 0 Å². The molecule has 0 heterocycles. The molecule has 1 fully saturated rings. The molecule has 2 heteroatoms. The first kappa shape index (κ1) is 16.0. The number of hydrogen-bond acceptors (Lipinski definition) is 2. The van der Waals surface area contributed by atoms with E-state index in [2.05, 4.69) is 38.0 Å². The van der Waals surface area contributed by atoms with Crippen LogP contribution in [-0.2, 0) is 0 Å². The molecule has 0 saturated heterocycles. The minimum atomic E-state index is 0.705. The smallest absolute Gasteiger partial charge is 0.00928 e. The highest BCUT2D eigenvalue weighted by atomic mass is 15.1. The Hall–Kier alpha value is -0.0800. The largest absolute Gasteiger partial charge is 0.317 e. The first-order valence-corrected chi connectivity index (χ1v) is 8.10. The van der Waals surface area contributed by atoms with Crippen molar-refractivity contribution in [1.82, 2.24) is 10.2 Å². The molecule has 2 atom stereocenters. The first-order chi connectivity index (χ1) is 8.69. The van der Waals surface area contributed by atoms with Gasteiger partial charge in [-0.05, 0) is 65.6 Å². The maximum absolute atomic E-state index is 3.50. The summed E-state index contributed by atoms with van der Waals surface area (Å²) in [6.07, 6.45) is 9.71. The molecule has 0 aromatic rings. The fourth-order valence-corrected chi connectivity index (χ4v) is 3.29. The summed E-state index contributed by atoms with van der Waals surface area (Å²) in [6, 6.07) is 1.49. The Kier molecular flexibility index (Phi) is 7.92. The van der Waals surface area contributed by atoms with Crippen LogP contribution in [0.25, 0.3) is 0 Å². The van der Waals surface area contributed by atoms with Gasteiger partial charge in [-0.25, -0.2) is 0 Å². The summed E-state index contributed by atoms with van der Waals surface area (Å²) in [7, 11) is 2.13. The van der Waals surface area contributed by atoms with Crippen molar-refractivity contribution in [3.05, 3.63) is 0 Å². The maximum atomic E-state index is 3.50. The standard InChI is InChI=1S/C16H34N2/c1-5-6-7-12-18(14(2)3)13-11-15-9-8-10-16(15)17-4/h14-17H,5-13H2,1-4H3. The molecule has 0 aromatic carbocycles. The highest BCUT2D eigenvalue weighted by Gasteiger charge is 2.26. The molecule has 0 bridgehead atoms. The topological polar surface area (TPSA) is 15.3 Å². The number of hydrogen-bond donors (Lipinski definition) is 1. The quantitative estimate of drug-likeness (QED) is 0.632. The zero-order valence-electron chi connectivity index (χ0n) is 13.0. The fourth-order valence-electron chi connectivity index (χ4n) is 3.29. The van der Waals surface area contributed by atoms with Crippen molar-refractivity contribution in [2.75, 3.05) is 20.1 Å². The summed E-state index contributed by atoms with van der Waals surface area (Å²) in [6.45, 7) is 9.56. The van der Waals surface area contributed by atoms with Gasteiger partial charge in [-0.3, -0.25) is 0 Å². The molecule has 0 aliphatic heterocycles. The van der Waals surface area contributed by atoms with Crippen molar-refractivity contribution in [2.24, 2.45) is 5.92 Å². The predicted octanol–water partition coefficient (Wildman–Crippen LogP) is 3.67. The van der Waals surface area contributed by atoms with Crippen LogP contribution in [0.4, 0.5) is 0 Å². The normalized spacial score (nSPS) is 24.3. The minimum Gasteiger partial charge on any atom is -0.317 e. The second-order valence-electron chi connectivity index (χ2n) is 6.21. The lowest BCUT2D eigenvalue weighted by molar-refractivity contribution is 0.196.